The lowest BCUT2D eigenvalue weighted by molar-refractivity contribution is 0.228. The molecule has 2 atom stereocenters. The molecule has 2 heterocycles. The maximum absolute atomic E-state index is 5.78. The lowest BCUT2D eigenvalue weighted by Crippen LogP contribution is -2.26. The minimum Gasteiger partial charge on any atom is -0.478 e. The van der Waals surface area contributed by atoms with Gasteiger partial charge in [0.2, 0.25) is 5.88 Å². The summed E-state index contributed by atoms with van der Waals surface area (Å²) in [6.45, 7) is 3.90. The first-order valence-electron chi connectivity index (χ1n) is 6.71. The van der Waals surface area contributed by atoms with Gasteiger partial charge in [-0.1, -0.05) is 6.07 Å². The third kappa shape index (κ3) is 3.43. The van der Waals surface area contributed by atoms with Crippen molar-refractivity contribution in [2.45, 2.75) is 38.3 Å². The Morgan fingerprint density at radius 3 is 2.94 bits per heavy atom. The molecule has 1 aliphatic rings. The van der Waals surface area contributed by atoms with Gasteiger partial charge in [0.05, 0.1) is 6.61 Å². The average molecular weight is 249 g/mol. The zero-order chi connectivity index (χ0) is 13.0. The van der Waals surface area contributed by atoms with Gasteiger partial charge in [0.25, 0.3) is 0 Å². The first-order valence-corrected chi connectivity index (χ1v) is 6.71. The number of nitrogens with zero attached hydrogens (tertiary/aromatic N) is 2. The normalized spacial score (nSPS) is 22.1. The average Bonchev–Trinajstić information content (AvgIpc) is 2.76. The number of hydrogen-bond acceptors (Lipinski definition) is 4. The van der Waals surface area contributed by atoms with Crippen LogP contribution in [0.25, 0.3) is 0 Å². The summed E-state index contributed by atoms with van der Waals surface area (Å²) in [6.07, 6.45) is 5.47. The monoisotopic (exact) mass is 249 g/mol. The lowest BCUT2D eigenvalue weighted by Gasteiger charge is -2.19. The summed E-state index contributed by atoms with van der Waals surface area (Å²) in [5, 5.41) is 0. The number of ether oxygens (including phenoxy) is 1. The predicted molar refractivity (Wildman–Crippen MR) is 72.6 cm³/mol. The smallest absolute Gasteiger partial charge is 0.213 e. The van der Waals surface area contributed by atoms with E-state index in [0.717, 1.165) is 18.6 Å². The molecular formula is C14H23N3O. The Bertz CT molecular complexity index is 364. The highest BCUT2D eigenvalue weighted by Gasteiger charge is 2.20. The third-order valence-electron chi connectivity index (χ3n) is 3.66. The van der Waals surface area contributed by atoms with Gasteiger partial charge >= 0.3 is 0 Å². The van der Waals surface area contributed by atoms with E-state index >= 15 is 0 Å². The molecule has 18 heavy (non-hydrogen) atoms. The maximum atomic E-state index is 5.78. The van der Waals surface area contributed by atoms with Crippen LogP contribution < -0.4 is 10.5 Å². The zero-order valence-corrected chi connectivity index (χ0v) is 11.3. The van der Waals surface area contributed by atoms with Crippen LogP contribution >= 0.6 is 0 Å². The molecule has 1 aliphatic heterocycles. The van der Waals surface area contributed by atoms with Gasteiger partial charge in [-0.3, -0.25) is 0 Å². The standard InChI is InChI=1S/C14H23N3O/c1-11(15)12-5-6-14(16-10-12)18-9-7-13-4-3-8-17(13)2/h5-6,10-11,13H,3-4,7-9,15H2,1-2H3/t11-,13?/m1/s1. The SMILES string of the molecule is C[C@@H](N)c1ccc(OCCC2CCCN2C)nc1. The molecule has 4 heteroatoms. The van der Waals surface area contributed by atoms with Crippen LogP contribution in [0.5, 0.6) is 5.88 Å². The minimum absolute atomic E-state index is 0.0266. The van der Waals surface area contributed by atoms with Crippen molar-refractivity contribution >= 4 is 0 Å². The summed E-state index contributed by atoms with van der Waals surface area (Å²) >= 11 is 0. The van der Waals surface area contributed by atoms with Crippen LogP contribution in [0.15, 0.2) is 18.3 Å². The largest absolute Gasteiger partial charge is 0.478 e. The molecule has 0 amide bonds. The van der Waals surface area contributed by atoms with E-state index in [1.54, 1.807) is 6.20 Å². The molecule has 2 rings (SSSR count). The van der Waals surface area contributed by atoms with Crippen LogP contribution in [0, 0.1) is 0 Å². The molecule has 0 saturated carbocycles. The van der Waals surface area contributed by atoms with Gasteiger partial charge < -0.3 is 15.4 Å². The number of hydrogen-bond donors (Lipinski definition) is 1. The quantitative estimate of drug-likeness (QED) is 0.866. The highest BCUT2D eigenvalue weighted by atomic mass is 16.5. The molecule has 0 radical (unpaired) electrons. The first-order chi connectivity index (χ1) is 8.66. The number of nitrogens with two attached hydrogens (primary N) is 1. The Hall–Kier alpha value is -1.13. The third-order valence-corrected chi connectivity index (χ3v) is 3.66. The Morgan fingerprint density at radius 1 is 1.56 bits per heavy atom. The number of likely N-dealkylation sites (tertiary alicyclic amines) is 1. The van der Waals surface area contributed by atoms with Crippen LogP contribution in [0.4, 0.5) is 0 Å². The highest BCUT2D eigenvalue weighted by molar-refractivity contribution is 5.19. The van der Waals surface area contributed by atoms with Gasteiger partial charge in [-0.15, -0.1) is 0 Å². The molecule has 1 unspecified atom stereocenters. The molecule has 0 spiro atoms. The second kappa shape index (κ2) is 6.16. The highest BCUT2D eigenvalue weighted by Crippen LogP contribution is 2.18. The van der Waals surface area contributed by atoms with Gasteiger partial charge in [-0.2, -0.15) is 0 Å². The van der Waals surface area contributed by atoms with Gasteiger partial charge in [0.15, 0.2) is 0 Å². The fourth-order valence-electron chi connectivity index (χ4n) is 2.39. The molecule has 0 bridgehead atoms. The molecule has 1 fully saturated rings. The summed E-state index contributed by atoms with van der Waals surface area (Å²) in [6, 6.07) is 4.58. The maximum Gasteiger partial charge on any atom is 0.213 e. The second-order valence-electron chi connectivity index (χ2n) is 5.13. The Labute approximate surface area is 109 Å². The minimum atomic E-state index is 0.0266. The van der Waals surface area contributed by atoms with Gasteiger partial charge in [-0.05, 0) is 45.3 Å². The van der Waals surface area contributed by atoms with Gasteiger partial charge in [0, 0.05) is 24.3 Å². The topological polar surface area (TPSA) is 51.4 Å². The van der Waals surface area contributed by atoms with E-state index < -0.39 is 0 Å². The van der Waals surface area contributed by atoms with Gasteiger partial charge in [-0.25, -0.2) is 4.98 Å². The van der Waals surface area contributed by atoms with E-state index in [1.807, 2.05) is 19.1 Å². The molecule has 0 aromatic carbocycles. The van der Waals surface area contributed by atoms with Crippen LogP contribution in [-0.2, 0) is 0 Å². The van der Waals surface area contributed by atoms with Crippen LogP contribution in [0.1, 0.15) is 37.8 Å². The van der Waals surface area contributed by atoms with Crippen molar-refractivity contribution in [3.8, 4) is 5.88 Å². The van der Waals surface area contributed by atoms with Crippen LogP contribution in [0.2, 0.25) is 0 Å². The molecule has 1 aromatic heterocycles. The Kier molecular flexibility index (Phi) is 4.55. The van der Waals surface area contributed by atoms with Crippen molar-refractivity contribution in [2.75, 3.05) is 20.2 Å². The molecule has 0 aliphatic carbocycles. The molecule has 1 aromatic rings. The summed E-state index contributed by atoms with van der Waals surface area (Å²) in [5.74, 6) is 0.694. The van der Waals surface area contributed by atoms with Crippen molar-refractivity contribution in [2.24, 2.45) is 5.73 Å². The summed E-state index contributed by atoms with van der Waals surface area (Å²) in [5.41, 5.74) is 6.82. The summed E-state index contributed by atoms with van der Waals surface area (Å²) < 4.78 is 5.67. The number of rotatable bonds is 5. The van der Waals surface area contributed by atoms with Crippen molar-refractivity contribution in [3.05, 3.63) is 23.9 Å². The Morgan fingerprint density at radius 2 is 2.39 bits per heavy atom. The fourth-order valence-corrected chi connectivity index (χ4v) is 2.39. The fraction of sp³-hybridized carbons (Fsp3) is 0.643. The molecule has 4 nitrogen and oxygen atoms in total. The summed E-state index contributed by atoms with van der Waals surface area (Å²) in [4.78, 5) is 6.68. The van der Waals surface area contributed by atoms with E-state index in [-0.39, 0.29) is 6.04 Å². The molecular weight excluding hydrogens is 226 g/mol. The first kappa shape index (κ1) is 13.3. The molecule has 100 valence electrons. The van der Waals surface area contributed by atoms with E-state index in [4.69, 9.17) is 10.5 Å². The van der Waals surface area contributed by atoms with Crippen molar-refractivity contribution < 1.29 is 4.74 Å². The number of aromatic nitrogens is 1. The van der Waals surface area contributed by atoms with E-state index in [0.29, 0.717) is 11.9 Å². The number of pyridine rings is 1. The predicted octanol–water partition coefficient (Wildman–Crippen LogP) is 1.96. The second-order valence-corrected chi connectivity index (χ2v) is 5.13. The van der Waals surface area contributed by atoms with Crippen LogP contribution in [0.3, 0.4) is 0 Å². The van der Waals surface area contributed by atoms with E-state index in [2.05, 4.69) is 16.9 Å². The van der Waals surface area contributed by atoms with Crippen molar-refractivity contribution in [3.63, 3.8) is 0 Å². The van der Waals surface area contributed by atoms with Crippen molar-refractivity contribution in [1.82, 2.24) is 9.88 Å². The lowest BCUT2D eigenvalue weighted by atomic mass is 10.1. The van der Waals surface area contributed by atoms with Gasteiger partial charge in [0.1, 0.15) is 0 Å². The molecule has 2 N–H and O–H groups in total. The van der Waals surface area contributed by atoms with Crippen molar-refractivity contribution in [1.29, 1.82) is 0 Å². The summed E-state index contributed by atoms with van der Waals surface area (Å²) in [7, 11) is 2.19. The van der Waals surface area contributed by atoms with E-state index in [1.165, 1.54) is 19.4 Å². The van der Waals surface area contributed by atoms with Crippen LogP contribution in [-0.4, -0.2) is 36.1 Å². The zero-order valence-electron chi connectivity index (χ0n) is 11.3. The Balaban J connectivity index is 1.76. The van der Waals surface area contributed by atoms with E-state index in [9.17, 15) is 0 Å². The molecule has 1 saturated heterocycles.